The molecule has 26 heavy (non-hydrogen) atoms. The van der Waals surface area contributed by atoms with Gasteiger partial charge in [0, 0.05) is 10.9 Å². The zero-order valence-electron chi connectivity index (χ0n) is 15.4. The summed E-state index contributed by atoms with van der Waals surface area (Å²) in [6, 6.07) is 4.05. The van der Waals surface area contributed by atoms with Gasteiger partial charge in [0.1, 0.15) is 5.82 Å². The largest absolute Gasteiger partial charge is 0.342 e. The molecule has 3 rings (SSSR count). The van der Waals surface area contributed by atoms with Crippen molar-refractivity contribution < 1.29 is 9.59 Å². The lowest BCUT2D eigenvalue weighted by Crippen LogP contribution is -2.33. The van der Waals surface area contributed by atoms with Gasteiger partial charge in [0.2, 0.25) is 5.91 Å². The van der Waals surface area contributed by atoms with E-state index >= 15 is 0 Å². The van der Waals surface area contributed by atoms with Crippen molar-refractivity contribution in [1.29, 1.82) is 0 Å². The number of nitrogens with one attached hydrogen (secondary N) is 2. The maximum atomic E-state index is 12.2. The predicted octanol–water partition coefficient (Wildman–Crippen LogP) is 3.69. The van der Waals surface area contributed by atoms with Gasteiger partial charge in [-0.25, -0.2) is 4.68 Å². The van der Waals surface area contributed by atoms with E-state index in [1.165, 1.54) is 35.5 Å². The molecule has 0 aromatic carbocycles. The van der Waals surface area contributed by atoms with Crippen LogP contribution < -0.4 is 10.6 Å². The average Bonchev–Trinajstić information content (AvgIpc) is 3.26. The standard InChI is InChI=1S/C19H26N4O2S/c1-3-15-13(2)11-16(26-15)19(25)20-12-18(24)22-17-9-10-21-23(17)14-7-5-4-6-8-14/h9-11,14H,3-8,12H2,1-2H3,(H,20,25)(H,22,24). The maximum absolute atomic E-state index is 12.2. The SMILES string of the molecule is CCc1sc(C(=O)NCC(=O)Nc2ccnn2C2CCCCC2)cc1C. The van der Waals surface area contributed by atoms with Crippen molar-refractivity contribution in [3.8, 4) is 0 Å². The molecule has 1 fully saturated rings. The molecule has 1 aliphatic carbocycles. The lowest BCUT2D eigenvalue weighted by Gasteiger charge is -2.23. The number of anilines is 1. The van der Waals surface area contributed by atoms with Crippen LogP contribution in [-0.2, 0) is 11.2 Å². The highest BCUT2D eigenvalue weighted by Gasteiger charge is 2.19. The summed E-state index contributed by atoms with van der Waals surface area (Å²) in [7, 11) is 0. The van der Waals surface area contributed by atoms with Crippen LogP contribution >= 0.6 is 11.3 Å². The molecule has 1 aliphatic rings. The summed E-state index contributed by atoms with van der Waals surface area (Å²) in [5.74, 6) is 0.269. The number of carbonyl (C=O) groups excluding carboxylic acids is 2. The Labute approximate surface area is 158 Å². The van der Waals surface area contributed by atoms with E-state index in [1.54, 1.807) is 6.20 Å². The van der Waals surface area contributed by atoms with Crippen molar-refractivity contribution in [3.05, 3.63) is 33.6 Å². The molecule has 6 nitrogen and oxygen atoms in total. The smallest absolute Gasteiger partial charge is 0.261 e. The Kier molecular flexibility index (Phi) is 6.08. The highest BCUT2D eigenvalue weighted by molar-refractivity contribution is 7.14. The van der Waals surface area contributed by atoms with Gasteiger partial charge in [0.25, 0.3) is 5.91 Å². The fraction of sp³-hybridized carbons (Fsp3) is 0.526. The van der Waals surface area contributed by atoms with Crippen molar-refractivity contribution in [2.24, 2.45) is 0 Å². The molecule has 0 aliphatic heterocycles. The minimum absolute atomic E-state index is 0.0485. The molecule has 0 saturated heterocycles. The maximum Gasteiger partial charge on any atom is 0.261 e. The molecule has 0 radical (unpaired) electrons. The molecule has 140 valence electrons. The van der Waals surface area contributed by atoms with Crippen LogP contribution in [0.25, 0.3) is 0 Å². The summed E-state index contributed by atoms with van der Waals surface area (Å²) in [5, 5.41) is 9.95. The second-order valence-electron chi connectivity index (χ2n) is 6.75. The summed E-state index contributed by atoms with van der Waals surface area (Å²) in [6.45, 7) is 4.03. The number of rotatable bonds is 6. The number of amides is 2. The summed E-state index contributed by atoms with van der Waals surface area (Å²) >= 11 is 1.49. The van der Waals surface area contributed by atoms with Crippen LogP contribution in [0.1, 0.15) is 65.2 Å². The molecule has 0 bridgehead atoms. The Hall–Kier alpha value is -2.15. The Morgan fingerprint density at radius 1 is 1.31 bits per heavy atom. The van der Waals surface area contributed by atoms with Gasteiger partial charge in [0.05, 0.1) is 23.7 Å². The number of hydrogen-bond acceptors (Lipinski definition) is 4. The first kappa shape index (κ1) is 18.6. The molecule has 2 N–H and O–H groups in total. The van der Waals surface area contributed by atoms with Gasteiger partial charge in [-0.05, 0) is 37.8 Å². The second-order valence-corrected chi connectivity index (χ2v) is 7.89. The van der Waals surface area contributed by atoms with Gasteiger partial charge in [0.15, 0.2) is 0 Å². The molecule has 1 saturated carbocycles. The fourth-order valence-corrected chi connectivity index (χ4v) is 4.48. The fourth-order valence-electron chi connectivity index (χ4n) is 3.45. The third-order valence-corrected chi connectivity index (χ3v) is 6.21. The minimum atomic E-state index is -0.236. The van der Waals surface area contributed by atoms with Crippen LogP contribution in [0.5, 0.6) is 0 Å². The van der Waals surface area contributed by atoms with E-state index in [2.05, 4.69) is 22.7 Å². The van der Waals surface area contributed by atoms with Crippen molar-refractivity contribution in [2.75, 3.05) is 11.9 Å². The molecule has 2 aromatic rings. The van der Waals surface area contributed by atoms with Crippen molar-refractivity contribution >= 4 is 29.0 Å². The van der Waals surface area contributed by atoms with Gasteiger partial charge in [-0.15, -0.1) is 11.3 Å². The van der Waals surface area contributed by atoms with Gasteiger partial charge in [-0.3, -0.25) is 9.59 Å². The zero-order chi connectivity index (χ0) is 18.5. The highest BCUT2D eigenvalue weighted by atomic mass is 32.1. The topological polar surface area (TPSA) is 76.0 Å². The van der Waals surface area contributed by atoms with Gasteiger partial charge in [-0.2, -0.15) is 5.10 Å². The molecule has 0 spiro atoms. The number of hydrogen-bond donors (Lipinski definition) is 2. The first-order chi connectivity index (χ1) is 12.6. The third-order valence-electron chi connectivity index (χ3n) is 4.83. The molecular formula is C19H26N4O2S. The number of aryl methyl sites for hydroxylation is 2. The normalized spacial score (nSPS) is 15.0. The quantitative estimate of drug-likeness (QED) is 0.810. The first-order valence-corrected chi connectivity index (χ1v) is 10.1. The second kappa shape index (κ2) is 8.49. The Morgan fingerprint density at radius 2 is 2.08 bits per heavy atom. The van der Waals surface area contributed by atoms with E-state index in [4.69, 9.17) is 0 Å². The number of nitrogens with zero attached hydrogens (tertiary/aromatic N) is 2. The third kappa shape index (κ3) is 4.33. The van der Waals surface area contributed by atoms with Crippen LogP contribution in [0.15, 0.2) is 18.3 Å². The number of aromatic nitrogens is 2. The Bertz CT molecular complexity index is 774. The van der Waals surface area contributed by atoms with E-state index in [0.29, 0.717) is 16.7 Å². The molecule has 0 atom stereocenters. The summed E-state index contributed by atoms with van der Waals surface area (Å²) < 4.78 is 1.91. The number of carbonyl (C=O) groups is 2. The monoisotopic (exact) mass is 374 g/mol. The Balaban J connectivity index is 1.54. The van der Waals surface area contributed by atoms with Gasteiger partial charge < -0.3 is 10.6 Å². The van der Waals surface area contributed by atoms with Crippen LogP contribution in [-0.4, -0.2) is 28.1 Å². The van der Waals surface area contributed by atoms with Gasteiger partial charge in [-0.1, -0.05) is 26.2 Å². The van der Waals surface area contributed by atoms with E-state index in [9.17, 15) is 9.59 Å². The van der Waals surface area contributed by atoms with E-state index < -0.39 is 0 Å². The highest BCUT2D eigenvalue weighted by Crippen LogP contribution is 2.29. The van der Waals surface area contributed by atoms with Crippen molar-refractivity contribution in [2.45, 2.75) is 58.4 Å². The lowest BCUT2D eigenvalue weighted by molar-refractivity contribution is -0.115. The molecule has 2 aromatic heterocycles. The van der Waals surface area contributed by atoms with E-state index in [-0.39, 0.29) is 18.4 Å². The molecule has 2 heterocycles. The lowest BCUT2D eigenvalue weighted by atomic mass is 9.96. The summed E-state index contributed by atoms with van der Waals surface area (Å²) in [4.78, 5) is 26.4. The van der Waals surface area contributed by atoms with Gasteiger partial charge >= 0.3 is 0 Å². The van der Waals surface area contributed by atoms with Crippen LogP contribution in [0, 0.1) is 6.92 Å². The molecule has 0 unspecified atom stereocenters. The van der Waals surface area contributed by atoms with Crippen molar-refractivity contribution in [1.82, 2.24) is 15.1 Å². The molecule has 7 heteroatoms. The first-order valence-electron chi connectivity index (χ1n) is 9.29. The summed E-state index contributed by atoms with van der Waals surface area (Å²) in [5.41, 5.74) is 1.13. The van der Waals surface area contributed by atoms with E-state index in [0.717, 1.165) is 24.8 Å². The van der Waals surface area contributed by atoms with Crippen LogP contribution in [0.3, 0.4) is 0 Å². The summed E-state index contributed by atoms with van der Waals surface area (Å²) in [6.07, 6.45) is 8.49. The van der Waals surface area contributed by atoms with Crippen molar-refractivity contribution in [3.63, 3.8) is 0 Å². The zero-order valence-corrected chi connectivity index (χ0v) is 16.2. The molecular weight excluding hydrogens is 348 g/mol. The Morgan fingerprint density at radius 3 is 2.77 bits per heavy atom. The van der Waals surface area contributed by atoms with E-state index in [1.807, 2.05) is 23.7 Å². The average molecular weight is 375 g/mol. The van der Waals surface area contributed by atoms with Crippen LogP contribution in [0.2, 0.25) is 0 Å². The predicted molar refractivity (Wildman–Crippen MR) is 104 cm³/mol. The minimum Gasteiger partial charge on any atom is -0.342 e. The van der Waals surface area contributed by atoms with Crippen LogP contribution in [0.4, 0.5) is 5.82 Å². The molecule has 2 amide bonds. The number of thiophene rings is 1.